The molecule has 2 aromatic heterocycles. The largest absolute Gasteiger partial charge is 0.456 e. The number of H-pyrrole nitrogens is 1. The van der Waals surface area contributed by atoms with E-state index >= 15 is 0 Å². The molecular weight excluding hydrogens is 534 g/mol. The average molecular weight is 562 g/mol. The molecule has 0 unspecified atom stereocenters. The minimum atomic E-state index is 0.920. The number of nitrogens with one attached hydrogen (secondary N) is 1. The molecule has 0 bridgehead atoms. The lowest BCUT2D eigenvalue weighted by molar-refractivity contribution is 0.669. The number of hydrogen-bond donors (Lipinski definition) is 1. The molecule has 1 aliphatic carbocycles. The second-order valence-electron chi connectivity index (χ2n) is 12.1. The summed E-state index contributed by atoms with van der Waals surface area (Å²) < 4.78 is 6.18. The molecule has 206 valence electrons. The maximum Gasteiger partial charge on any atom is 0.135 e. The van der Waals surface area contributed by atoms with Gasteiger partial charge in [0.05, 0.1) is 0 Å². The van der Waals surface area contributed by atoms with Crippen molar-refractivity contribution < 1.29 is 4.42 Å². The van der Waals surface area contributed by atoms with Gasteiger partial charge in [0.2, 0.25) is 0 Å². The lowest BCUT2D eigenvalue weighted by atomic mass is 9.85. The summed E-state index contributed by atoms with van der Waals surface area (Å²) in [5.74, 6) is 0. The van der Waals surface area contributed by atoms with E-state index in [0.29, 0.717) is 0 Å². The van der Waals surface area contributed by atoms with E-state index in [1.165, 1.54) is 76.7 Å². The Morgan fingerprint density at radius 1 is 0.477 bits per heavy atom. The Labute approximate surface area is 253 Å². The van der Waals surface area contributed by atoms with Gasteiger partial charge in [0.1, 0.15) is 11.2 Å². The predicted octanol–water partition coefficient (Wildman–Crippen LogP) is 11.8. The Balaban J connectivity index is 1.26. The molecule has 0 radical (unpaired) electrons. The first-order valence-electron chi connectivity index (χ1n) is 15.4. The van der Waals surface area contributed by atoms with Gasteiger partial charge in [-0.3, -0.25) is 0 Å². The minimum absolute atomic E-state index is 0.920. The number of allylic oxidation sites excluding steroid dienone is 1. The fraction of sp³-hybridized carbons (Fsp3) is 0.0476. The molecule has 0 amide bonds. The molecular formula is C42H27NO. The maximum atomic E-state index is 6.18. The normalized spacial score (nSPS) is 13.2. The molecule has 2 heterocycles. The summed E-state index contributed by atoms with van der Waals surface area (Å²) in [5, 5.41) is 9.90. The van der Waals surface area contributed by atoms with Crippen molar-refractivity contribution in [3.8, 4) is 22.3 Å². The van der Waals surface area contributed by atoms with Crippen molar-refractivity contribution in [3.63, 3.8) is 0 Å². The molecule has 0 saturated heterocycles. The quantitative estimate of drug-likeness (QED) is 0.209. The molecule has 10 rings (SSSR count). The zero-order chi connectivity index (χ0) is 28.8. The maximum absolute atomic E-state index is 6.18. The van der Waals surface area contributed by atoms with E-state index in [4.69, 9.17) is 4.42 Å². The Morgan fingerprint density at radius 2 is 1.07 bits per heavy atom. The summed E-state index contributed by atoms with van der Waals surface area (Å²) in [7, 11) is 0. The second kappa shape index (κ2) is 8.95. The Hall–Kier alpha value is -5.60. The molecule has 0 fully saturated rings. The highest BCUT2D eigenvalue weighted by Gasteiger charge is 2.19. The first kappa shape index (κ1) is 23.9. The monoisotopic (exact) mass is 561 g/mol. The van der Waals surface area contributed by atoms with Gasteiger partial charge in [-0.1, -0.05) is 91.0 Å². The van der Waals surface area contributed by atoms with Crippen molar-refractivity contribution in [1.29, 1.82) is 0 Å². The lowest BCUT2D eigenvalue weighted by Crippen LogP contribution is -1.93. The Bertz CT molecular complexity index is 2610. The van der Waals surface area contributed by atoms with Gasteiger partial charge in [0.25, 0.3) is 0 Å². The van der Waals surface area contributed by atoms with E-state index in [2.05, 4.69) is 126 Å². The zero-order valence-electron chi connectivity index (χ0n) is 24.0. The fourth-order valence-electron chi connectivity index (χ4n) is 7.62. The van der Waals surface area contributed by atoms with Crippen molar-refractivity contribution in [2.45, 2.75) is 12.8 Å². The molecule has 0 saturated carbocycles. The van der Waals surface area contributed by atoms with Crippen LogP contribution in [0.15, 0.2) is 132 Å². The molecule has 2 heteroatoms. The van der Waals surface area contributed by atoms with Gasteiger partial charge in [-0.05, 0) is 110 Å². The second-order valence-corrected chi connectivity index (χ2v) is 12.1. The van der Waals surface area contributed by atoms with E-state index in [1.54, 1.807) is 0 Å². The van der Waals surface area contributed by atoms with E-state index in [-0.39, 0.29) is 0 Å². The minimum Gasteiger partial charge on any atom is -0.456 e. The average Bonchev–Trinajstić information content (AvgIpc) is 3.63. The number of furan rings is 1. The predicted molar refractivity (Wildman–Crippen MR) is 186 cm³/mol. The Morgan fingerprint density at radius 3 is 1.80 bits per heavy atom. The van der Waals surface area contributed by atoms with Crippen molar-refractivity contribution in [1.82, 2.24) is 4.98 Å². The van der Waals surface area contributed by atoms with E-state index in [1.807, 2.05) is 12.1 Å². The van der Waals surface area contributed by atoms with Crippen molar-refractivity contribution >= 4 is 71.4 Å². The number of fused-ring (bicyclic) bond motifs is 9. The SMILES string of the molecule is C1=Cc2cc3c(cc2CC1)[nH]c1ccc(-c2c4ccccc4c(-c4ccc5oc6ccccc6c5c4)c4ccccc24)cc13. The molecule has 0 atom stereocenters. The van der Waals surface area contributed by atoms with Crippen molar-refractivity contribution in [3.05, 3.63) is 139 Å². The van der Waals surface area contributed by atoms with Gasteiger partial charge in [-0.25, -0.2) is 0 Å². The number of aromatic nitrogens is 1. The summed E-state index contributed by atoms with van der Waals surface area (Å²) in [5.41, 5.74) is 12.0. The van der Waals surface area contributed by atoms with Crippen LogP contribution in [0.1, 0.15) is 17.5 Å². The number of benzene rings is 7. The van der Waals surface area contributed by atoms with Crippen LogP contribution in [0.5, 0.6) is 0 Å². The zero-order valence-corrected chi connectivity index (χ0v) is 24.0. The standard InChI is InChI=1S/C42H27NO/c1-2-10-26-24-38-35(21-25(26)9-1)34-22-27(17-19-37(34)43-38)41-30-12-3-5-14-32(30)42(33-15-6-4-13-31(33)41)28-18-20-40-36(23-28)29-11-7-8-16-39(29)44-40/h1,3-9,11-24,43H,2,10H2. The van der Waals surface area contributed by atoms with Crippen LogP contribution in [0, 0.1) is 0 Å². The summed E-state index contributed by atoms with van der Waals surface area (Å²) in [6, 6.07) is 44.4. The third-order valence-corrected chi connectivity index (χ3v) is 9.62. The van der Waals surface area contributed by atoms with Crippen LogP contribution in [-0.4, -0.2) is 4.98 Å². The summed E-state index contributed by atoms with van der Waals surface area (Å²) >= 11 is 0. The van der Waals surface area contributed by atoms with Crippen LogP contribution < -0.4 is 0 Å². The molecule has 7 aromatic carbocycles. The topological polar surface area (TPSA) is 28.9 Å². The molecule has 44 heavy (non-hydrogen) atoms. The van der Waals surface area contributed by atoms with Crippen LogP contribution in [0.4, 0.5) is 0 Å². The number of para-hydroxylation sites is 1. The molecule has 2 nitrogen and oxygen atoms in total. The van der Waals surface area contributed by atoms with Gasteiger partial charge in [0, 0.05) is 32.6 Å². The molecule has 1 N–H and O–H groups in total. The summed E-state index contributed by atoms with van der Waals surface area (Å²) in [6.07, 6.45) is 6.80. The van der Waals surface area contributed by atoms with Crippen LogP contribution in [0.25, 0.3) is 93.6 Å². The van der Waals surface area contributed by atoms with Gasteiger partial charge in [0.15, 0.2) is 0 Å². The van der Waals surface area contributed by atoms with Gasteiger partial charge in [-0.15, -0.1) is 0 Å². The van der Waals surface area contributed by atoms with E-state index in [0.717, 1.165) is 34.8 Å². The third kappa shape index (κ3) is 3.37. The third-order valence-electron chi connectivity index (χ3n) is 9.62. The highest BCUT2D eigenvalue weighted by molar-refractivity contribution is 6.23. The summed E-state index contributed by atoms with van der Waals surface area (Å²) in [6.45, 7) is 0. The Kier molecular flexibility index (Phi) is 4.86. The van der Waals surface area contributed by atoms with Gasteiger partial charge >= 0.3 is 0 Å². The van der Waals surface area contributed by atoms with Crippen LogP contribution in [0.2, 0.25) is 0 Å². The van der Waals surface area contributed by atoms with Gasteiger partial charge in [-0.2, -0.15) is 0 Å². The van der Waals surface area contributed by atoms with Crippen LogP contribution in [-0.2, 0) is 6.42 Å². The first-order chi connectivity index (χ1) is 21.8. The number of aromatic amines is 1. The van der Waals surface area contributed by atoms with Crippen LogP contribution >= 0.6 is 0 Å². The van der Waals surface area contributed by atoms with E-state index in [9.17, 15) is 0 Å². The molecule has 9 aromatic rings. The highest BCUT2D eigenvalue weighted by atomic mass is 16.3. The highest BCUT2D eigenvalue weighted by Crippen LogP contribution is 2.45. The van der Waals surface area contributed by atoms with Gasteiger partial charge < -0.3 is 9.40 Å². The number of hydrogen-bond acceptors (Lipinski definition) is 1. The van der Waals surface area contributed by atoms with E-state index < -0.39 is 0 Å². The molecule has 0 spiro atoms. The number of rotatable bonds is 2. The fourth-order valence-corrected chi connectivity index (χ4v) is 7.62. The number of aryl methyl sites for hydroxylation is 1. The summed E-state index contributed by atoms with van der Waals surface area (Å²) in [4.78, 5) is 3.70. The first-order valence-corrected chi connectivity index (χ1v) is 15.4. The van der Waals surface area contributed by atoms with Crippen molar-refractivity contribution in [2.24, 2.45) is 0 Å². The lowest BCUT2D eigenvalue weighted by Gasteiger charge is -2.18. The molecule has 0 aliphatic heterocycles. The molecule has 1 aliphatic rings. The smallest absolute Gasteiger partial charge is 0.135 e. The van der Waals surface area contributed by atoms with Crippen molar-refractivity contribution in [2.75, 3.05) is 0 Å². The van der Waals surface area contributed by atoms with Crippen LogP contribution in [0.3, 0.4) is 0 Å².